The number of rotatable bonds is 7. The first-order valence-corrected chi connectivity index (χ1v) is 12.1. The summed E-state index contributed by atoms with van der Waals surface area (Å²) in [5, 5.41) is 0. The smallest absolute Gasteiger partial charge is 0.332 e. The summed E-state index contributed by atoms with van der Waals surface area (Å²) in [7, 11) is -2.12. The van der Waals surface area contributed by atoms with Crippen LogP contribution >= 0.6 is 0 Å². The first kappa shape index (κ1) is 17.9. The fourth-order valence-electron chi connectivity index (χ4n) is 5.25. The normalized spacial score (nSPS) is 36.7. The maximum atomic E-state index is 6.71. The third-order valence-corrected chi connectivity index (χ3v) is 7.19. The van der Waals surface area contributed by atoms with Crippen LogP contribution in [0.3, 0.4) is 0 Å². The van der Waals surface area contributed by atoms with Crippen LogP contribution in [0.5, 0.6) is 0 Å². The van der Waals surface area contributed by atoms with Gasteiger partial charge in [0.1, 0.15) is 6.61 Å². The van der Waals surface area contributed by atoms with E-state index in [1.807, 2.05) is 20.8 Å². The van der Waals surface area contributed by atoms with Crippen LogP contribution in [0.2, 0.25) is 13.1 Å². The van der Waals surface area contributed by atoms with E-state index in [4.69, 9.17) is 18.6 Å². The van der Waals surface area contributed by atoms with Gasteiger partial charge >= 0.3 is 8.56 Å². The SMILES string of the molecule is CC(C)(C)OOCCO[Si](C)(C)OC12CC3CC(CC(C3)C1)C2. The topological polar surface area (TPSA) is 36.9 Å². The van der Waals surface area contributed by atoms with Crippen molar-refractivity contribution in [2.45, 2.75) is 83.6 Å². The molecule has 23 heavy (non-hydrogen) atoms. The van der Waals surface area contributed by atoms with Gasteiger partial charge in [0.2, 0.25) is 0 Å². The van der Waals surface area contributed by atoms with Gasteiger partial charge in [-0.2, -0.15) is 0 Å². The molecule has 4 fully saturated rings. The average molecular weight is 343 g/mol. The number of hydrogen-bond acceptors (Lipinski definition) is 4. The maximum Gasteiger partial charge on any atom is 0.332 e. The highest BCUT2D eigenvalue weighted by atomic mass is 28.4. The highest BCUT2D eigenvalue weighted by Crippen LogP contribution is 2.57. The second kappa shape index (κ2) is 6.41. The van der Waals surface area contributed by atoms with Crippen molar-refractivity contribution < 1.29 is 18.6 Å². The summed E-state index contributed by atoms with van der Waals surface area (Å²) in [5.74, 6) is 2.73. The Balaban J connectivity index is 1.45. The van der Waals surface area contributed by atoms with Gasteiger partial charge in [0.05, 0.1) is 17.8 Å². The molecule has 4 rings (SSSR count). The Labute approximate surface area is 142 Å². The summed E-state index contributed by atoms with van der Waals surface area (Å²) in [6.45, 7) is 11.3. The van der Waals surface area contributed by atoms with E-state index in [1.54, 1.807) is 0 Å². The standard InChI is InChI=1S/C18H34O4Si/c1-17(2,3)21-19-6-7-20-23(4,5)22-18-11-14-8-15(12-18)10-16(9-14)13-18/h14-16H,6-13H2,1-5H3. The summed E-state index contributed by atoms with van der Waals surface area (Å²) in [4.78, 5) is 10.5. The van der Waals surface area contributed by atoms with Gasteiger partial charge in [0.15, 0.2) is 0 Å². The largest absolute Gasteiger partial charge is 0.392 e. The number of hydrogen-bond donors (Lipinski definition) is 0. The highest BCUT2D eigenvalue weighted by molar-refractivity contribution is 6.64. The molecule has 4 nitrogen and oxygen atoms in total. The molecule has 0 unspecified atom stereocenters. The Bertz CT molecular complexity index is 380. The molecule has 0 heterocycles. The van der Waals surface area contributed by atoms with Crippen molar-refractivity contribution in [2.75, 3.05) is 13.2 Å². The van der Waals surface area contributed by atoms with Crippen molar-refractivity contribution in [3.05, 3.63) is 0 Å². The van der Waals surface area contributed by atoms with E-state index in [0.29, 0.717) is 13.2 Å². The summed E-state index contributed by atoms with van der Waals surface area (Å²) in [5.41, 5.74) is -0.143. The first-order valence-electron chi connectivity index (χ1n) is 9.30. The van der Waals surface area contributed by atoms with Crippen molar-refractivity contribution in [3.8, 4) is 0 Å². The quantitative estimate of drug-likeness (QED) is 0.297. The van der Waals surface area contributed by atoms with Crippen molar-refractivity contribution in [3.63, 3.8) is 0 Å². The van der Waals surface area contributed by atoms with E-state index in [1.165, 1.54) is 38.5 Å². The molecule has 0 spiro atoms. The monoisotopic (exact) mass is 342 g/mol. The zero-order chi connectivity index (χ0) is 16.7. The Kier molecular flexibility index (Phi) is 4.98. The van der Waals surface area contributed by atoms with E-state index >= 15 is 0 Å². The highest BCUT2D eigenvalue weighted by Gasteiger charge is 2.53. The van der Waals surface area contributed by atoms with E-state index < -0.39 is 8.56 Å². The van der Waals surface area contributed by atoms with E-state index in [-0.39, 0.29) is 11.2 Å². The summed E-state index contributed by atoms with van der Waals surface area (Å²) in [6, 6.07) is 0. The predicted octanol–water partition coefficient (Wildman–Crippen LogP) is 4.44. The molecule has 4 aliphatic rings. The zero-order valence-corrected chi connectivity index (χ0v) is 16.5. The van der Waals surface area contributed by atoms with E-state index in [0.717, 1.165) is 17.8 Å². The van der Waals surface area contributed by atoms with Crippen molar-refractivity contribution in [1.29, 1.82) is 0 Å². The predicted molar refractivity (Wildman–Crippen MR) is 92.2 cm³/mol. The molecule has 0 N–H and O–H groups in total. The fourth-order valence-corrected chi connectivity index (χ4v) is 7.17. The molecule has 5 heteroatoms. The minimum absolute atomic E-state index is 0.132. The summed E-state index contributed by atoms with van der Waals surface area (Å²) in [6.07, 6.45) is 8.14. The minimum atomic E-state index is -2.12. The molecule has 4 saturated carbocycles. The molecule has 134 valence electrons. The summed E-state index contributed by atoms with van der Waals surface area (Å²) >= 11 is 0. The van der Waals surface area contributed by atoms with Gasteiger partial charge in [-0.3, -0.25) is 0 Å². The Morgan fingerprint density at radius 1 is 0.913 bits per heavy atom. The molecular weight excluding hydrogens is 308 g/mol. The lowest BCUT2D eigenvalue weighted by molar-refractivity contribution is -0.350. The Morgan fingerprint density at radius 3 is 1.91 bits per heavy atom. The molecule has 0 radical (unpaired) electrons. The van der Waals surface area contributed by atoms with Crippen LogP contribution < -0.4 is 0 Å². The molecule has 4 aliphatic carbocycles. The second-order valence-electron chi connectivity index (χ2n) is 9.47. The average Bonchev–Trinajstić information content (AvgIpc) is 2.33. The Morgan fingerprint density at radius 2 is 1.43 bits per heavy atom. The van der Waals surface area contributed by atoms with E-state index in [2.05, 4.69) is 13.1 Å². The second-order valence-corrected chi connectivity index (χ2v) is 12.8. The molecule has 0 amide bonds. The lowest BCUT2D eigenvalue weighted by atomic mass is 9.54. The first-order chi connectivity index (χ1) is 10.6. The molecule has 4 bridgehead atoms. The van der Waals surface area contributed by atoms with Gasteiger partial charge in [-0.05, 0) is 90.1 Å². The van der Waals surface area contributed by atoms with Crippen molar-refractivity contribution in [1.82, 2.24) is 0 Å². The molecule has 0 aromatic carbocycles. The molecule has 0 atom stereocenters. The van der Waals surface area contributed by atoms with Gasteiger partial charge in [-0.1, -0.05) is 0 Å². The van der Waals surface area contributed by atoms with E-state index in [9.17, 15) is 0 Å². The minimum Gasteiger partial charge on any atom is -0.392 e. The molecule has 0 aromatic heterocycles. The fraction of sp³-hybridized carbons (Fsp3) is 1.00. The van der Waals surface area contributed by atoms with Crippen LogP contribution in [0, 0.1) is 17.8 Å². The Hall–Kier alpha value is 0.0569. The van der Waals surface area contributed by atoms with Gasteiger partial charge in [0, 0.05) is 0 Å². The third kappa shape index (κ3) is 4.79. The lowest BCUT2D eigenvalue weighted by Gasteiger charge is -2.57. The van der Waals surface area contributed by atoms with Crippen molar-refractivity contribution in [2.24, 2.45) is 17.8 Å². The molecule has 0 saturated heterocycles. The van der Waals surface area contributed by atoms with Crippen LogP contribution in [0.25, 0.3) is 0 Å². The lowest BCUT2D eigenvalue weighted by Crippen LogP contribution is -2.56. The molecular formula is C18H34O4Si. The van der Waals surface area contributed by atoms with Crippen LogP contribution in [0.1, 0.15) is 59.3 Å². The van der Waals surface area contributed by atoms with Gasteiger partial charge in [0.25, 0.3) is 0 Å². The molecule has 0 aliphatic heterocycles. The van der Waals surface area contributed by atoms with Gasteiger partial charge in [-0.25, -0.2) is 9.78 Å². The van der Waals surface area contributed by atoms with Crippen LogP contribution in [0.15, 0.2) is 0 Å². The maximum absolute atomic E-state index is 6.71. The zero-order valence-electron chi connectivity index (χ0n) is 15.5. The molecule has 0 aromatic rings. The van der Waals surface area contributed by atoms with Crippen molar-refractivity contribution >= 4 is 8.56 Å². The van der Waals surface area contributed by atoms with Gasteiger partial charge in [-0.15, -0.1) is 0 Å². The van der Waals surface area contributed by atoms with Crippen LogP contribution in [0.4, 0.5) is 0 Å². The van der Waals surface area contributed by atoms with Crippen LogP contribution in [-0.2, 0) is 18.6 Å². The third-order valence-electron chi connectivity index (χ3n) is 5.37. The summed E-state index contributed by atoms with van der Waals surface area (Å²) < 4.78 is 12.8. The van der Waals surface area contributed by atoms with Gasteiger partial charge < -0.3 is 8.85 Å². The van der Waals surface area contributed by atoms with Crippen LogP contribution in [-0.4, -0.2) is 33.0 Å².